The lowest BCUT2D eigenvalue weighted by Crippen LogP contribution is -2.31. The number of phenols is 1. The third kappa shape index (κ3) is 3.05. The summed E-state index contributed by atoms with van der Waals surface area (Å²) in [6, 6.07) is 6.78. The van der Waals surface area contributed by atoms with Gasteiger partial charge in [-0.05, 0) is 12.5 Å². The summed E-state index contributed by atoms with van der Waals surface area (Å²) in [5, 5.41) is 9.64. The Hall–Kier alpha value is -2.04. The maximum atomic E-state index is 12.1. The van der Waals surface area contributed by atoms with E-state index in [4.69, 9.17) is 0 Å². The second kappa shape index (κ2) is 5.73. The van der Waals surface area contributed by atoms with Crippen LogP contribution in [-0.4, -0.2) is 42.1 Å². The van der Waals surface area contributed by atoms with E-state index in [0.717, 1.165) is 0 Å². The Morgan fingerprint density at radius 3 is 2.84 bits per heavy atom. The van der Waals surface area contributed by atoms with Crippen LogP contribution in [0.2, 0.25) is 0 Å². The fraction of sp³-hybridized carbons (Fsp3) is 0.429. The summed E-state index contributed by atoms with van der Waals surface area (Å²) in [6.07, 6.45) is 0.791. The molecule has 1 heterocycles. The molecule has 0 bridgehead atoms. The number of hydrogen-bond acceptors (Lipinski definition) is 4. The van der Waals surface area contributed by atoms with E-state index < -0.39 is 0 Å². The van der Waals surface area contributed by atoms with E-state index in [-0.39, 0.29) is 30.0 Å². The fourth-order valence-electron chi connectivity index (χ4n) is 2.28. The maximum Gasteiger partial charge on any atom is 0.310 e. The molecule has 1 saturated heterocycles. The number of carbonyl (C=O) groups is 2. The van der Waals surface area contributed by atoms with Gasteiger partial charge >= 0.3 is 5.97 Å². The molecule has 1 aliphatic heterocycles. The molecule has 5 nitrogen and oxygen atoms in total. The van der Waals surface area contributed by atoms with Gasteiger partial charge in [0.2, 0.25) is 5.91 Å². The molecule has 0 aromatic heterocycles. The van der Waals surface area contributed by atoms with E-state index >= 15 is 0 Å². The van der Waals surface area contributed by atoms with Crippen molar-refractivity contribution in [3.8, 4) is 5.75 Å². The molecule has 0 aliphatic carbocycles. The molecular weight excluding hydrogens is 246 g/mol. The van der Waals surface area contributed by atoms with Crippen LogP contribution in [0.25, 0.3) is 0 Å². The second-order valence-corrected chi connectivity index (χ2v) is 4.65. The lowest BCUT2D eigenvalue weighted by molar-refractivity contribution is -0.145. The summed E-state index contributed by atoms with van der Waals surface area (Å²) >= 11 is 0. The average molecular weight is 263 g/mol. The molecular formula is C14H17NO4. The van der Waals surface area contributed by atoms with Crippen LogP contribution in [0.1, 0.15) is 12.0 Å². The van der Waals surface area contributed by atoms with Gasteiger partial charge < -0.3 is 14.7 Å². The number of amides is 1. The zero-order valence-electron chi connectivity index (χ0n) is 10.8. The number of nitrogens with zero attached hydrogens (tertiary/aromatic N) is 1. The van der Waals surface area contributed by atoms with Gasteiger partial charge in [0.05, 0.1) is 19.4 Å². The van der Waals surface area contributed by atoms with E-state index in [1.165, 1.54) is 7.11 Å². The van der Waals surface area contributed by atoms with Gasteiger partial charge in [-0.15, -0.1) is 0 Å². The molecule has 0 spiro atoms. The Morgan fingerprint density at radius 2 is 2.16 bits per heavy atom. The number of methoxy groups -OCH3 is 1. The van der Waals surface area contributed by atoms with Crippen molar-refractivity contribution in [3.63, 3.8) is 0 Å². The van der Waals surface area contributed by atoms with Crippen LogP contribution in [0.4, 0.5) is 0 Å². The predicted octanol–water partition coefficient (Wildman–Crippen LogP) is 0.956. The van der Waals surface area contributed by atoms with Crippen LogP contribution in [0.3, 0.4) is 0 Å². The summed E-state index contributed by atoms with van der Waals surface area (Å²) < 4.78 is 4.68. The lowest BCUT2D eigenvalue weighted by Gasteiger charge is -2.16. The van der Waals surface area contributed by atoms with Crippen LogP contribution in [0, 0.1) is 5.92 Å². The summed E-state index contributed by atoms with van der Waals surface area (Å²) in [7, 11) is 1.36. The lowest BCUT2D eigenvalue weighted by atomic mass is 10.1. The highest BCUT2D eigenvalue weighted by Crippen LogP contribution is 2.21. The number of rotatable bonds is 3. The average Bonchev–Trinajstić information content (AvgIpc) is 2.90. The molecule has 5 heteroatoms. The van der Waals surface area contributed by atoms with E-state index in [1.54, 1.807) is 29.2 Å². The Bertz CT molecular complexity index is 486. The molecule has 0 radical (unpaired) electrons. The SMILES string of the molecule is COC(=O)C1CCN(C(=O)Cc2ccccc2O)C1. The first-order chi connectivity index (χ1) is 9.11. The molecule has 1 aromatic rings. The van der Waals surface area contributed by atoms with Gasteiger partial charge in [0.1, 0.15) is 5.75 Å². The van der Waals surface area contributed by atoms with Crippen molar-refractivity contribution >= 4 is 11.9 Å². The van der Waals surface area contributed by atoms with Crippen molar-refractivity contribution in [1.29, 1.82) is 0 Å². The predicted molar refractivity (Wildman–Crippen MR) is 68.5 cm³/mol. The molecule has 1 aliphatic rings. The number of esters is 1. The van der Waals surface area contributed by atoms with Gasteiger partial charge in [0, 0.05) is 18.7 Å². The molecule has 1 N–H and O–H groups in total. The monoisotopic (exact) mass is 263 g/mol. The van der Waals surface area contributed by atoms with Crippen molar-refractivity contribution in [2.24, 2.45) is 5.92 Å². The number of hydrogen-bond donors (Lipinski definition) is 1. The van der Waals surface area contributed by atoms with E-state index in [9.17, 15) is 14.7 Å². The zero-order valence-corrected chi connectivity index (χ0v) is 10.8. The normalized spacial score (nSPS) is 18.4. The van der Waals surface area contributed by atoms with Crippen molar-refractivity contribution in [2.45, 2.75) is 12.8 Å². The third-order valence-corrected chi connectivity index (χ3v) is 3.41. The molecule has 1 amide bonds. The number of ether oxygens (including phenoxy) is 1. The van der Waals surface area contributed by atoms with Gasteiger partial charge in [-0.3, -0.25) is 9.59 Å². The minimum absolute atomic E-state index is 0.0760. The van der Waals surface area contributed by atoms with Gasteiger partial charge in [-0.25, -0.2) is 0 Å². The van der Waals surface area contributed by atoms with Crippen molar-refractivity contribution in [3.05, 3.63) is 29.8 Å². The molecule has 0 saturated carbocycles. The fourth-order valence-corrected chi connectivity index (χ4v) is 2.28. The number of likely N-dealkylation sites (tertiary alicyclic amines) is 1. The Balaban J connectivity index is 1.95. The summed E-state index contributed by atoms with van der Waals surface area (Å²) in [5.74, 6) is -0.441. The van der Waals surface area contributed by atoms with Crippen LogP contribution >= 0.6 is 0 Å². The van der Waals surface area contributed by atoms with E-state index in [0.29, 0.717) is 25.1 Å². The largest absolute Gasteiger partial charge is 0.508 e. The Labute approximate surface area is 111 Å². The minimum atomic E-state index is -0.266. The molecule has 1 aromatic carbocycles. The second-order valence-electron chi connectivity index (χ2n) is 4.65. The maximum absolute atomic E-state index is 12.1. The van der Waals surface area contributed by atoms with E-state index in [1.807, 2.05) is 0 Å². The first-order valence-electron chi connectivity index (χ1n) is 6.24. The molecule has 19 heavy (non-hydrogen) atoms. The molecule has 2 rings (SSSR count). The number of phenolic OH excluding ortho intramolecular Hbond substituents is 1. The highest BCUT2D eigenvalue weighted by Gasteiger charge is 2.31. The highest BCUT2D eigenvalue weighted by molar-refractivity contribution is 5.81. The van der Waals surface area contributed by atoms with Crippen molar-refractivity contribution in [2.75, 3.05) is 20.2 Å². The number of aromatic hydroxyl groups is 1. The summed E-state index contributed by atoms with van der Waals surface area (Å²) in [6.45, 7) is 0.964. The first-order valence-corrected chi connectivity index (χ1v) is 6.24. The number of benzene rings is 1. The van der Waals surface area contributed by atoms with Crippen LogP contribution < -0.4 is 0 Å². The quantitative estimate of drug-likeness (QED) is 0.825. The smallest absolute Gasteiger partial charge is 0.310 e. The molecule has 102 valence electrons. The zero-order chi connectivity index (χ0) is 13.8. The van der Waals surface area contributed by atoms with Crippen molar-refractivity contribution < 1.29 is 19.4 Å². The molecule has 1 fully saturated rings. The summed E-state index contributed by atoms with van der Waals surface area (Å²) in [4.78, 5) is 25.1. The van der Waals surface area contributed by atoms with Crippen LogP contribution in [0.15, 0.2) is 24.3 Å². The first kappa shape index (κ1) is 13.4. The Morgan fingerprint density at radius 1 is 1.42 bits per heavy atom. The molecule has 1 atom stereocenters. The minimum Gasteiger partial charge on any atom is -0.508 e. The third-order valence-electron chi connectivity index (χ3n) is 3.41. The van der Waals surface area contributed by atoms with Gasteiger partial charge in [0.15, 0.2) is 0 Å². The van der Waals surface area contributed by atoms with Gasteiger partial charge in [-0.2, -0.15) is 0 Å². The number of carbonyl (C=O) groups excluding carboxylic acids is 2. The van der Waals surface area contributed by atoms with Crippen LogP contribution in [0.5, 0.6) is 5.75 Å². The number of para-hydroxylation sites is 1. The van der Waals surface area contributed by atoms with Crippen molar-refractivity contribution in [1.82, 2.24) is 4.90 Å². The Kier molecular flexibility index (Phi) is 4.04. The summed E-state index contributed by atoms with van der Waals surface area (Å²) in [5.41, 5.74) is 0.606. The molecule has 1 unspecified atom stereocenters. The van der Waals surface area contributed by atoms with E-state index in [2.05, 4.69) is 4.74 Å². The standard InChI is InChI=1S/C14H17NO4/c1-19-14(18)11-6-7-15(9-11)13(17)8-10-4-2-3-5-12(10)16/h2-5,11,16H,6-9H2,1H3. The van der Waals surface area contributed by atoms with Crippen LogP contribution in [-0.2, 0) is 20.7 Å². The topological polar surface area (TPSA) is 66.8 Å². The highest BCUT2D eigenvalue weighted by atomic mass is 16.5. The van der Waals surface area contributed by atoms with Gasteiger partial charge in [0.25, 0.3) is 0 Å². The van der Waals surface area contributed by atoms with Gasteiger partial charge in [-0.1, -0.05) is 18.2 Å².